The second kappa shape index (κ2) is 11.2. The van der Waals surface area contributed by atoms with Gasteiger partial charge in [0.2, 0.25) is 0 Å². The first-order chi connectivity index (χ1) is 13.6. The van der Waals surface area contributed by atoms with Crippen molar-refractivity contribution in [2.45, 2.75) is 52.6 Å². The summed E-state index contributed by atoms with van der Waals surface area (Å²) < 4.78 is 9.45. The zero-order valence-electron chi connectivity index (χ0n) is 17.7. The topological polar surface area (TPSA) is 139 Å². The molecule has 0 fully saturated rings. The van der Waals surface area contributed by atoms with Crippen LogP contribution < -0.4 is 10.6 Å². The largest absolute Gasteiger partial charge is 0.467 e. The first kappa shape index (κ1) is 24.1. The Morgan fingerprint density at radius 1 is 0.897 bits per heavy atom. The van der Waals surface area contributed by atoms with Crippen LogP contribution in [0.2, 0.25) is 0 Å². The number of H-pyrrole nitrogens is 1. The Labute approximate surface area is 170 Å². The van der Waals surface area contributed by atoms with E-state index in [-0.39, 0.29) is 23.2 Å². The van der Waals surface area contributed by atoms with Gasteiger partial charge < -0.3 is 25.1 Å². The fraction of sp³-hybridized carbons (Fsp3) is 0.632. The van der Waals surface area contributed by atoms with E-state index >= 15 is 0 Å². The fourth-order valence-electron chi connectivity index (χ4n) is 2.75. The van der Waals surface area contributed by atoms with Crippen LogP contribution in [0, 0.1) is 11.8 Å². The van der Waals surface area contributed by atoms with Gasteiger partial charge in [-0.1, -0.05) is 27.7 Å². The SMILES string of the molecule is COC(=O)[C@H](CC(C)C)NC(=O)c1nc[nH]c1C(=O)N[C@@H](CC(C)C)C(=O)OC. The van der Waals surface area contributed by atoms with Gasteiger partial charge in [0.1, 0.15) is 17.8 Å². The van der Waals surface area contributed by atoms with Crippen LogP contribution in [0.3, 0.4) is 0 Å². The van der Waals surface area contributed by atoms with E-state index in [0.29, 0.717) is 12.8 Å². The van der Waals surface area contributed by atoms with E-state index in [4.69, 9.17) is 9.47 Å². The summed E-state index contributed by atoms with van der Waals surface area (Å²) in [7, 11) is 2.47. The quantitative estimate of drug-likeness (QED) is 0.490. The third-order valence-electron chi connectivity index (χ3n) is 4.08. The number of esters is 2. The van der Waals surface area contributed by atoms with Crippen molar-refractivity contribution >= 4 is 23.8 Å². The van der Waals surface area contributed by atoms with E-state index < -0.39 is 35.8 Å². The van der Waals surface area contributed by atoms with Crippen LogP contribution in [0.4, 0.5) is 0 Å². The lowest BCUT2D eigenvalue weighted by atomic mass is 10.0. The normalized spacial score (nSPS) is 13.0. The highest BCUT2D eigenvalue weighted by molar-refractivity contribution is 6.06. The molecule has 10 heteroatoms. The molecular formula is C19H30N4O6. The van der Waals surface area contributed by atoms with E-state index in [9.17, 15) is 19.2 Å². The fourth-order valence-corrected chi connectivity index (χ4v) is 2.75. The number of aromatic amines is 1. The summed E-state index contributed by atoms with van der Waals surface area (Å²) in [5.41, 5.74) is -0.304. The minimum absolute atomic E-state index is 0.117. The zero-order valence-corrected chi connectivity index (χ0v) is 17.7. The van der Waals surface area contributed by atoms with Crippen molar-refractivity contribution in [1.82, 2.24) is 20.6 Å². The summed E-state index contributed by atoms with van der Waals surface area (Å²) >= 11 is 0. The molecule has 10 nitrogen and oxygen atoms in total. The Balaban J connectivity index is 2.98. The van der Waals surface area contributed by atoms with E-state index in [1.165, 1.54) is 20.5 Å². The Bertz CT molecular complexity index is 670. The number of rotatable bonds is 10. The minimum atomic E-state index is -0.871. The van der Waals surface area contributed by atoms with Crippen LogP contribution in [0.25, 0.3) is 0 Å². The maximum absolute atomic E-state index is 12.6. The molecule has 0 unspecified atom stereocenters. The molecule has 0 saturated heterocycles. The van der Waals surface area contributed by atoms with Gasteiger partial charge in [-0.15, -0.1) is 0 Å². The highest BCUT2D eigenvalue weighted by Crippen LogP contribution is 2.11. The molecule has 0 aromatic carbocycles. The van der Waals surface area contributed by atoms with Gasteiger partial charge in [-0.05, 0) is 24.7 Å². The van der Waals surface area contributed by atoms with Gasteiger partial charge in [0.05, 0.1) is 20.5 Å². The molecule has 0 aliphatic carbocycles. The number of imidazole rings is 1. The molecule has 29 heavy (non-hydrogen) atoms. The van der Waals surface area contributed by atoms with Crippen LogP contribution in [0.1, 0.15) is 61.5 Å². The Morgan fingerprint density at radius 2 is 1.34 bits per heavy atom. The van der Waals surface area contributed by atoms with Crippen molar-refractivity contribution in [3.63, 3.8) is 0 Å². The summed E-state index contributed by atoms with van der Waals surface area (Å²) in [6, 6.07) is -1.74. The molecule has 0 spiro atoms. The van der Waals surface area contributed by atoms with Crippen LogP contribution in [-0.4, -0.2) is 60.0 Å². The Hall–Kier alpha value is -2.91. The maximum atomic E-state index is 12.6. The summed E-state index contributed by atoms with van der Waals surface area (Å²) in [5, 5.41) is 5.11. The lowest BCUT2D eigenvalue weighted by Gasteiger charge is -2.19. The van der Waals surface area contributed by atoms with Gasteiger partial charge in [-0.3, -0.25) is 9.59 Å². The first-order valence-corrected chi connectivity index (χ1v) is 9.41. The zero-order chi connectivity index (χ0) is 22.1. The number of hydrogen-bond donors (Lipinski definition) is 3. The van der Waals surface area contributed by atoms with Crippen LogP contribution in [0.5, 0.6) is 0 Å². The molecule has 3 N–H and O–H groups in total. The summed E-state index contributed by atoms with van der Waals surface area (Å²) in [4.78, 5) is 55.6. The molecule has 1 heterocycles. The van der Waals surface area contributed by atoms with E-state index in [0.717, 1.165) is 0 Å². The molecule has 1 aromatic rings. The number of methoxy groups -OCH3 is 2. The molecule has 0 saturated carbocycles. The van der Waals surface area contributed by atoms with Gasteiger partial charge in [0, 0.05) is 0 Å². The molecule has 162 valence electrons. The summed E-state index contributed by atoms with van der Waals surface area (Å²) in [5.74, 6) is -2.30. The molecule has 2 atom stereocenters. The number of nitrogens with zero attached hydrogens (tertiary/aromatic N) is 1. The number of ether oxygens (including phenoxy) is 2. The van der Waals surface area contributed by atoms with Crippen molar-refractivity contribution in [3.05, 3.63) is 17.7 Å². The summed E-state index contributed by atoms with van der Waals surface area (Å²) in [6.07, 6.45) is 1.92. The number of carbonyl (C=O) groups is 4. The summed E-state index contributed by atoms with van der Waals surface area (Å²) in [6.45, 7) is 7.60. The number of hydrogen-bond acceptors (Lipinski definition) is 7. The van der Waals surface area contributed by atoms with Crippen molar-refractivity contribution in [1.29, 1.82) is 0 Å². The third-order valence-corrected chi connectivity index (χ3v) is 4.08. The van der Waals surface area contributed by atoms with E-state index in [1.54, 1.807) is 0 Å². The van der Waals surface area contributed by atoms with Gasteiger partial charge in [-0.25, -0.2) is 14.6 Å². The Kier molecular flexibility index (Phi) is 9.30. The molecule has 0 aliphatic heterocycles. The number of nitrogens with one attached hydrogen (secondary N) is 3. The molecule has 0 aliphatic rings. The Morgan fingerprint density at radius 3 is 1.76 bits per heavy atom. The van der Waals surface area contributed by atoms with Gasteiger partial charge >= 0.3 is 11.9 Å². The highest BCUT2D eigenvalue weighted by atomic mass is 16.5. The average Bonchev–Trinajstić information content (AvgIpc) is 3.14. The lowest BCUT2D eigenvalue weighted by molar-refractivity contribution is -0.144. The van der Waals surface area contributed by atoms with Crippen molar-refractivity contribution in [3.8, 4) is 0 Å². The van der Waals surface area contributed by atoms with Crippen molar-refractivity contribution in [2.75, 3.05) is 14.2 Å². The first-order valence-electron chi connectivity index (χ1n) is 9.41. The van der Waals surface area contributed by atoms with E-state index in [2.05, 4.69) is 20.6 Å². The van der Waals surface area contributed by atoms with Crippen LogP contribution in [-0.2, 0) is 19.1 Å². The van der Waals surface area contributed by atoms with Crippen molar-refractivity contribution < 1.29 is 28.7 Å². The van der Waals surface area contributed by atoms with Crippen LogP contribution >= 0.6 is 0 Å². The minimum Gasteiger partial charge on any atom is -0.467 e. The molecule has 0 bridgehead atoms. The van der Waals surface area contributed by atoms with Gasteiger partial charge in [-0.2, -0.15) is 0 Å². The predicted octanol–water partition coefficient (Wildman–Crippen LogP) is 1.04. The monoisotopic (exact) mass is 410 g/mol. The van der Waals surface area contributed by atoms with Gasteiger partial charge in [0.15, 0.2) is 5.69 Å². The van der Waals surface area contributed by atoms with Crippen LogP contribution in [0.15, 0.2) is 6.33 Å². The van der Waals surface area contributed by atoms with Crippen molar-refractivity contribution in [2.24, 2.45) is 11.8 Å². The standard InChI is InChI=1S/C19H30N4O6/c1-10(2)7-12(18(26)28-5)22-16(24)14-15(21-9-20-14)17(25)23-13(8-11(3)4)19(27)29-6/h9-13H,7-8H2,1-6H3,(H,20,21)(H,22,24)(H,23,25)/t12-,13-/m0/s1. The molecule has 1 aromatic heterocycles. The molecule has 1 rings (SSSR count). The number of carbonyl (C=O) groups excluding carboxylic acids is 4. The molecular weight excluding hydrogens is 380 g/mol. The van der Waals surface area contributed by atoms with E-state index in [1.807, 2.05) is 27.7 Å². The van der Waals surface area contributed by atoms with Gasteiger partial charge in [0.25, 0.3) is 11.8 Å². The molecule has 0 radical (unpaired) electrons. The maximum Gasteiger partial charge on any atom is 0.328 e. The average molecular weight is 410 g/mol. The number of aromatic nitrogens is 2. The lowest BCUT2D eigenvalue weighted by Crippen LogP contribution is -2.45. The number of amides is 2. The molecule has 2 amide bonds. The second-order valence-electron chi connectivity index (χ2n) is 7.48. The third kappa shape index (κ3) is 7.20. The highest BCUT2D eigenvalue weighted by Gasteiger charge is 2.29. The smallest absolute Gasteiger partial charge is 0.328 e. The second-order valence-corrected chi connectivity index (χ2v) is 7.48. The predicted molar refractivity (Wildman–Crippen MR) is 104 cm³/mol.